The quantitative estimate of drug-likeness (QED) is 0.289. The second-order valence-electron chi connectivity index (χ2n) is 9.01. The molecule has 0 unspecified atom stereocenters. The highest BCUT2D eigenvalue weighted by atomic mass is 32.1. The first-order valence-corrected chi connectivity index (χ1v) is 11.0. The molecule has 6 nitrogen and oxygen atoms in total. The van der Waals surface area contributed by atoms with E-state index in [2.05, 4.69) is 28.4 Å². The van der Waals surface area contributed by atoms with E-state index in [4.69, 9.17) is 12.2 Å². The lowest BCUT2D eigenvalue weighted by molar-refractivity contribution is -0.132. The van der Waals surface area contributed by atoms with Crippen LogP contribution in [-0.4, -0.2) is 30.0 Å². The van der Waals surface area contributed by atoms with Gasteiger partial charge in [0.2, 0.25) is 5.91 Å². The lowest BCUT2D eigenvalue weighted by Crippen LogP contribution is -2.51. The van der Waals surface area contributed by atoms with Crippen molar-refractivity contribution in [3.8, 4) is 0 Å². The van der Waals surface area contributed by atoms with Gasteiger partial charge in [-0.15, -0.1) is 0 Å². The van der Waals surface area contributed by atoms with E-state index in [-0.39, 0.29) is 23.8 Å². The van der Waals surface area contributed by atoms with Crippen molar-refractivity contribution < 1.29 is 9.59 Å². The molecule has 0 aromatic heterocycles. The van der Waals surface area contributed by atoms with E-state index < -0.39 is 0 Å². The van der Waals surface area contributed by atoms with Crippen molar-refractivity contribution in [2.45, 2.75) is 71.1 Å². The first kappa shape index (κ1) is 20.4. The predicted molar refractivity (Wildman–Crippen MR) is 110 cm³/mol. The Labute approximate surface area is 168 Å². The van der Waals surface area contributed by atoms with Crippen LogP contribution in [0.1, 0.15) is 71.1 Å². The monoisotopic (exact) mass is 394 g/mol. The summed E-state index contributed by atoms with van der Waals surface area (Å²) in [5, 5.41) is 6.23. The topological polar surface area (TPSA) is 82.3 Å². The Morgan fingerprint density at radius 3 is 2.15 bits per heavy atom. The van der Waals surface area contributed by atoms with Crippen LogP contribution in [-0.2, 0) is 9.59 Å². The minimum atomic E-state index is -0.286. The van der Waals surface area contributed by atoms with Gasteiger partial charge in [0, 0.05) is 13.0 Å². The van der Waals surface area contributed by atoms with Crippen LogP contribution in [0.5, 0.6) is 0 Å². The minimum Gasteiger partial charge on any atom is -0.361 e. The number of hydrogen-bond donors (Lipinski definition) is 4. The third-order valence-electron chi connectivity index (χ3n) is 6.53. The summed E-state index contributed by atoms with van der Waals surface area (Å²) in [6.45, 7) is 2.92. The standard InChI is InChI=1S/C20H34N4O2S/c1-2-3-4-5-21-19(27)24-23-18(26)13-22-17(25)12-20-9-14-6-15(10-20)8-16(7-14)11-20/h14-16H,2-13H2,1H3,(H,22,25)(H,23,26)(H2,21,24,27). The fourth-order valence-electron chi connectivity index (χ4n) is 5.88. The molecule has 0 aromatic carbocycles. The zero-order chi connectivity index (χ0) is 19.3. The molecule has 4 saturated carbocycles. The Bertz CT molecular complexity index is 531. The van der Waals surface area contributed by atoms with Crippen molar-refractivity contribution in [1.29, 1.82) is 0 Å². The van der Waals surface area contributed by atoms with E-state index in [0.29, 0.717) is 11.5 Å². The molecule has 0 spiro atoms. The molecule has 4 N–H and O–H groups in total. The lowest BCUT2D eigenvalue weighted by atomic mass is 9.49. The molecule has 4 fully saturated rings. The molecule has 0 heterocycles. The smallest absolute Gasteiger partial charge is 0.257 e. The molecule has 0 saturated heterocycles. The van der Waals surface area contributed by atoms with E-state index >= 15 is 0 Å². The largest absolute Gasteiger partial charge is 0.361 e. The molecule has 2 amide bonds. The molecule has 0 radical (unpaired) electrons. The first-order valence-electron chi connectivity index (χ1n) is 10.6. The molecule has 7 heteroatoms. The van der Waals surface area contributed by atoms with Gasteiger partial charge in [0.25, 0.3) is 5.91 Å². The Kier molecular flexibility index (Phi) is 6.95. The molecule has 4 aliphatic rings. The van der Waals surface area contributed by atoms with Gasteiger partial charge in [0.1, 0.15) is 0 Å². The van der Waals surface area contributed by atoms with Gasteiger partial charge in [-0.25, -0.2) is 0 Å². The molecule has 0 aromatic rings. The summed E-state index contributed by atoms with van der Waals surface area (Å²) < 4.78 is 0. The van der Waals surface area contributed by atoms with Gasteiger partial charge in [-0.1, -0.05) is 19.8 Å². The van der Waals surface area contributed by atoms with Gasteiger partial charge in [-0.2, -0.15) is 0 Å². The van der Waals surface area contributed by atoms with Crippen LogP contribution in [0.4, 0.5) is 0 Å². The summed E-state index contributed by atoms with van der Waals surface area (Å²) in [6, 6.07) is 0. The van der Waals surface area contributed by atoms with Crippen LogP contribution in [0.25, 0.3) is 0 Å². The number of hydrazine groups is 1. The maximum absolute atomic E-state index is 12.4. The molecule has 4 aliphatic carbocycles. The van der Waals surface area contributed by atoms with Gasteiger partial charge in [-0.05, 0) is 80.3 Å². The van der Waals surface area contributed by atoms with Crippen LogP contribution in [0.2, 0.25) is 0 Å². The number of amides is 2. The van der Waals surface area contributed by atoms with Crippen molar-refractivity contribution in [2.75, 3.05) is 13.1 Å². The van der Waals surface area contributed by atoms with E-state index in [9.17, 15) is 9.59 Å². The number of unbranched alkanes of at least 4 members (excludes halogenated alkanes) is 2. The van der Waals surface area contributed by atoms with Crippen LogP contribution >= 0.6 is 12.2 Å². The molecule has 152 valence electrons. The van der Waals surface area contributed by atoms with Crippen LogP contribution in [0.15, 0.2) is 0 Å². The van der Waals surface area contributed by atoms with E-state index in [1.807, 2.05) is 0 Å². The summed E-state index contributed by atoms with van der Waals surface area (Å²) in [5.74, 6) is 2.23. The SMILES string of the molecule is CCCCCNC(=S)NNC(=O)CNC(=O)CC12CC3CC(CC(C3)C1)C2. The Hall–Kier alpha value is -1.37. The summed E-state index contributed by atoms with van der Waals surface area (Å²) >= 11 is 5.10. The summed E-state index contributed by atoms with van der Waals surface area (Å²) in [4.78, 5) is 24.3. The number of carbonyl (C=O) groups excluding carboxylic acids is 2. The van der Waals surface area contributed by atoms with Crippen molar-refractivity contribution in [3.05, 3.63) is 0 Å². The first-order chi connectivity index (χ1) is 13.0. The van der Waals surface area contributed by atoms with Gasteiger partial charge in [-0.3, -0.25) is 20.4 Å². The van der Waals surface area contributed by atoms with Crippen molar-refractivity contribution >= 4 is 29.1 Å². The van der Waals surface area contributed by atoms with Crippen LogP contribution < -0.4 is 21.5 Å². The van der Waals surface area contributed by atoms with Gasteiger partial charge >= 0.3 is 0 Å². The summed E-state index contributed by atoms with van der Waals surface area (Å²) in [7, 11) is 0. The number of nitrogens with one attached hydrogen (secondary N) is 4. The van der Waals surface area contributed by atoms with Crippen LogP contribution in [0, 0.1) is 23.2 Å². The summed E-state index contributed by atoms with van der Waals surface area (Å²) in [6.07, 6.45) is 11.7. The van der Waals surface area contributed by atoms with Crippen LogP contribution in [0.3, 0.4) is 0 Å². The Balaban J connectivity index is 1.31. The lowest BCUT2D eigenvalue weighted by Gasteiger charge is -2.56. The third kappa shape index (κ3) is 5.80. The normalized spacial score (nSPS) is 30.6. The van der Waals surface area contributed by atoms with E-state index in [0.717, 1.165) is 43.6 Å². The predicted octanol–water partition coefficient (Wildman–Crippen LogP) is 2.39. The molecule has 27 heavy (non-hydrogen) atoms. The van der Waals surface area contributed by atoms with Crippen molar-refractivity contribution in [2.24, 2.45) is 23.2 Å². The second kappa shape index (κ2) is 9.22. The van der Waals surface area contributed by atoms with E-state index in [1.165, 1.54) is 38.5 Å². The maximum Gasteiger partial charge on any atom is 0.257 e. The van der Waals surface area contributed by atoms with E-state index in [1.54, 1.807) is 0 Å². The van der Waals surface area contributed by atoms with Gasteiger partial charge in [0.05, 0.1) is 6.54 Å². The number of hydrogen-bond acceptors (Lipinski definition) is 3. The van der Waals surface area contributed by atoms with Gasteiger partial charge < -0.3 is 10.6 Å². The molecule has 0 aliphatic heterocycles. The highest BCUT2D eigenvalue weighted by Crippen LogP contribution is 2.61. The average Bonchev–Trinajstić information content (AvgIpc) is 2.60. The fraction of sp³-hybridized carbons (Fsp3) is 0.850. The fourth-order valence-corrected chi connectivity index (χ4v) is 6.03. The highest BCUT2D eigenvalue weighted by Gasteiger charge is 2.51. The zero-order valence-electron chi connectivity index (χ0n) is 16.4. The summed E-state index contributed by atoms with van der Waals surface area (Å²) in [5.41, 5.74) is 5.42. The molecule has 4 bridgehead atoms. The maximum atomic E-state index is 12.4. The average molecular weight is 395 g/mol. The van der Waals surface area contributed by atoms with Crippen molar-refractivity contribution in [1.82, 2.24) is 21.5 Å². The molecular formula is C20H34N4O2S. The van der Waals surface area contributed by atoms with Crippen molar-refractivity contribution in [3.63, 3.8) is 0 Å². The Morgan fingerprint density at radius 2 is 1.56 bits per heavy atom. The second-order valence-corrected chi connectivity index (χ2v) is 9.42. The minimum absolute atomic E-state index is 0.00682. The third-order valence-corrected chi connectivity index (χ3v) is 6.77. The molecule has 4 rings (SSSR count). The zero-order valence-corrected chi connectivity index (χ0v) is 17.3. The Morgan fingerprint density at radius 1 is 0.926 bits per heavy atom. The number of rotatable bonds is 8. The number of carbonyl (C=O) groups is 2. The highest BCUT2D eigenvalue weighted by molar-refractivity contribution is 7.80. The molecule has 0 atom stereocenters. The molecular weight excluding hydrogens is 360 g/mol. The number of thiocarbonyl (C=S) groups is 1. The van der Waals surface area contributed by atoms with Gasteiger partial charge in [0.15, 0.2) is 5.11 Å².